The lowest BCUT2D eigenvalue weighted by Gasteiger charge is -2.20. The molecule has 2 fully saturated rings. The summed E-state index contributed by atoms with van der Waals surface area (Å²) in [5, 5.41) is 3.21. The van der Waals surface area contributed by atoms with E-state index in [4.69, 9.17) is 16.3 Å². The molecular formula is C17H20ClNO3. The maximum Gasteiger partial charge on any atom is 0.306 e. The number of halogens is 1. The molecule has 0 aromatic heterocycles. The normalized spacial score (nSPS) is 26.0. The number of ether oxygens (including phenoxy) is 1. The van der Waals surface area contributed by atoms with Gasteiger partial charge in [0.2, 0.25) is 0 Å². The van der Waals surface area contributed by atoms with Crippen LogP contribution in [0.15, 0.2) is 24.3 Å². The second-order valence-corrected chi connectivity index (χ2v) is 6.79. The standard InChI is InChI=1S/C17H20ClNO3/c18-14-2-1-3-15(9-14)19-16(20)10-22-17(21)8-13-7-11-4-5-12(13)6-11/h1-3,9,11-13H,4-8,10H2,(H,19,20)/t11-,12+,13-/m1/s1. The molecule has 2 aliphatic carbocycles. The Bertz CT molecular complexity index is 575. The van der Waals surface area contributed by atoms with Crippen LogP contribution in [0, 0.1) is 17.8 Å². The Morgan fingerprint density at radius 2 is 2.14 bits per heavy atom. The molecule has 3 atom stereocenters. The zero-order valence-electron chi connectivity index (χ0n) is 12.4. The van der Waals surface area contributed by atoms with Crippen LogP contribution in [-0.4, -0.2) is 18.5 Å². The summed E-state index contributed by atoms with van der Waals surface area (Å²) < 4.78 is 5.09. The minimum absolute atomic E-state index is 0.244. The van der Waals surface area contributed by atoms with Crippen LogP contribution < -0.4 is 5.32 Å². The first-order chi connectivity index (χ1) is 10.6. The number of amides is 1. The predicted molar refractivity (Wildman–Crippen MR) is 84.6 cm³/mol. The largest absolute Gasteiger partial charge is 0.456 e. The van der Waals surface area contributed by atoms with Gasteiger partial charge in [-0.2, -0.15) is 0 Å². The highest BCUT2D eigenvalue weighted by Gasteiger charge is 2.40. The number of carbonyl (C=O) groups excluding carboxylic acids is 2. The van der Waals surface area contributed by atoms with Crippen LogP contribution in [0.2, 0.25) is 5.02 Å². The van der Waals surface area contributed by atoms with Gasteiger partial charge in [-0.15, -0.1) is 0 Å². The fraction of sp³-hybridized carbons (Fsp3) is 0.529. The summed E-state index contributed by atoms with van der Waals surface area (Å²) in [6.07, 6.45) is 5.43. The van der Waals surface area contributed by atoms with Crippen molar-refractivity contribution in [2.24, 2.45) is 17.8 Å². The van der Waals surface area contributed by atoms with E-state index in [1.165, 1.54) is 19.3 Å². The van der Waals surface area contributed by atoms with Gasteiger partial charge >= 0.3 is 5.97 Å². The first kappa shape index (κ1) is 15.3. The molecule has 1 amide bonds. The van der Waals surface area contributed by atoms with Gasteiger partial charge in [0.1, 0.15) is 0 Å². The van der Waals surface area contributed by atoms with Crippen molar-refractivity contribution in [3.63, 3.8) is 0 Å². The van der Waals surface area contributed by atoms with Gasteiger partial charge in [0.25, 0.3) is 5.91 Å². The molecule has 0 saturated heterocycles. The summed E-state index contributed by atoms with van der Waals surface area (Å²) in [5.41, 5.74) is 0.599. The molecule has 0 heterocycles. The molecule has 0 radical (unpaired) electrons. The van der Waals surface area contributed by atoms with Gasteiger partial charge < -0.3 is 10.1 Å². The minimum atomic E-state index is -0.344. The van der Waals surface area contributed by atoms with E-state index in [0.717, 1.165) is 12.3 Å². The molecule has 0 aliphatic heterocycles. The number of anilines is 1. The summed E-state index contributed by atoms with van der Waals surface area (Å²) in [7, 11) is 0. The lowest BCUT2D eigenvalue weighted by Crippen LogP contribution is -2.23. The number of hydrogen-bond acceptors (Lipinski definition) is 3. The Balaban J connectivity index is 1.40. The topological polar surface area (TPSA) is 55.4 Å². The molecule has 2 bridgehead atoms. The maximum atomic E-state index is 11.9. The lowest BCUT2D eigenvalue weighted by molar-refractivity contribution is -0.148. The van der Waals surface area contributed by atoms with Gasteiger partial charge in [-0.1, -0.05) is 24.1 Å². The van der Waals surface area contributed by atoms with Gasteiger partial charge in [-0.3, -0.25) is 9.59 Å². The molecular weight excluding hydrogens is 302 g/mol. The molecule has 5 heteroatoms. The minimum Gasteiger partial charge on any atom is -0.456 e. The lowest BCUT2D eigenvalue weighted by atomic mass is 9.86. The summed E-state index contributed by atoms with van der Waals surface area (Å²) in [6.45, 7) is -0.244. The molecule has 0 spiro atoms. The summed E-state index contributed by atoms with van der Waals surface area (Å²) >= 11 is 5.85. The number of benzene rings is 1. The van der Waals surface area contributed by atoms with Crippen molar-refractivity contribution >= 4 is 29.2 Å². The number of nitrogens with one attached hydrogen (secondary N) is 1. The SMILES string of the molecule is O=C(COC(=O)C[C@H]1C[C@@H]2CC[C@H]1C2)Nc1cccc(Cl)c1. The molecule has 1 aromatic rings. The van der Waals surface area contributed by atoms with Crippen LogP contribution in [0.4, 0.5) is 5.69 Å². The monoisotopic (exact) mass is 321 g/mol. The van der Waals surface area contributed by atoms with Gasteiger partial charge in [0, 0.05) is 17.1 Å². The zero-order chi connectivity index (χ0) is 15.5. The fourth-order valence-corrected chi connectivity index (χ4v) is 4.00. The Labute approximate surface area is 135 Å². The van der Waals surface area contributed by atoms with Crippen LogP contribution in [0.3, 0.4) is 0 Å². The van der Waals surface area contributed by atoms with E-state index in [9.17, 15) is 9.59 Å². The molecule has 1 aromatic carbocycles. The third-order valence-electron chi connectivity index (χ3n) is 4.79. The predicted octanol–water partition coefficient (Wildman–Crippen LogP) is 3.65. The van der Waals surface area contributed by atoms with Crippen molar-refractivity contribution in [3.8, 4) is 0 Å². The first-order valence-electron chi connectivity index (χ1n) is 7.81. The van der Waals surface area contributed by atoms with E-state index in [2.05, 4.69) is 5.32 Å². The van der Waals surface area contributed by atoms with E-state index in [-0.39, 0.29) is 18.5 Å². The average Bonchev–Trinajstić information content (AvgIpc) is 3.08. The third kappa shape index (κ3) is 3.80. The number of carbonyl (C=O) groups is 2. The molecule has 2 aliphatic rings. The quantitative estimate of drug-likeness (QED) is 0.842. The fourth-order valence-electron chi connectivity index (χ4n) is 3.81. The second kappa shape index (κ2) is 6.69. The number of rotatable bonds is 5. The zero-order valence-corrected chi connectivity index (χ0v) is 13.1. The summed E-state index contributed by atoms with van der Waals surface area (Å²) in [4.78, 5) is 23.6. The van der Waals surface area contributed by atoms with E-state index in [1.54, 1.807) is 24.3 Å². The van der Waals surface area contributed by atoms with Crippen molar-refractivity contribution < 1.29 is 14.3 Å². The highest BCUT2D eigenvalue weighted by Crippen LogP contribution is 2.49. The van der Waals surface area contributed by atoms with Crippen molar-refractivity contribution in [2.45, 2.75) is 32.1 Å². The van der Waals surface area contributed by atoms with Crippen molar-refractivity contribution in [1.82, 2.24) is 0 Å². The van der Waals surface area contributed by atoms with Crippen molar-refractivity contribution in [3.05, 3.63) is 29.3 Å². The van der Waals surface area contributed by atoms with Crippen LogP contribution in [0.25, 0.3) is 0 Å². The van der Waals surface area contributed by atoms with Crippen molar-refractivity contribution in [2.75, 3.05) is 11.9 Å². The van der Waals surface area contributed by atoms with E-state index < -0.39 is 0 Å². The Morgan fingerprint density at radius 3 is 2.82 bits per heavy atom. The Hall–Kier alpha value is -1.55. The average molecular weight is 322 g/mol. The van der Waals surface area contributed by atoms with Crippen LogP contribution >= 0.6 is 11.6 Å². The van der Waals surface area contributed by atoms with Gasteiger partial charge in [0.05, 0.1) is 0 Å². The van der Waals surface area contributed by atoms with E-state index in [0.29, 0.717) is 29.0 Å². The van der Waals surface area contributed by atoms with Gasteiger partial charge in [0.15, 0.2) is 6.61 Å². The molecule has 0 unspecified atom stereocenters. The highest BCUT2D eigenvalue weighted by atomic mass is 35.5. The summed E-state index contributed by atoms with van der Waals surface area (Å²) in [5.74, 6) is 1.36. The molecule has 22 heavy (non-hydrogen) atoms. The van der Waals surface area contributed by atoms with E-state index in [1.807, 2.05) is 0 Å². The Morgan fingerprint density at radius 1 is 1.27 bits per heavy atom. The maximum absolute atomic E-state index is 11.9. The van der Waals surface area contributed by atoms with E-state index >= 15 is 0 Å². The van der Waals surface area contributed by atoms with Crippen molar-refractivity contribution in [1.29, 1.82) is 0 Å². The number of fused-ring (bicyclic) bond motifs is 2. The smallest absolute Gasteiger partial charge is 0.306 e. The van der Waals surface area contributed by atoms with Crippen LogP contribution in [-0.2, 0) is 14.3 Å². The molecule has 118 valence electrons. The third-order valence-corrected chi connectivity index (χ3v) is 5.02. The molecule has 4 nitrogen and oxygen atoms in total. The van der Waals surface area contributed by atoms with Crippen LogP contribution in [0.1, 0.15) is 32.1 Å². The number of esters is 1. The number of hydrogen-bond donors (Lipinski definition) is 1. The van der Waals surface area contributed by atoms with Crippen LogP contribution in [0.5, 0.6) is 0 Å². The highest BCUT2D eigenvalue weighted by molar-refractivity contribution is 6.30. The first-order valence-corrected chi connectivity index (χ1v) is 8.19. The van der Waals surface area contributed by atoms with Gasteiger partial charge in [-0.05, 0) is 55.2 Å². The molecule has 3 rings (SSSR count). The van der Waals surface area contributed by atoms with Gasteiger partial charge in [-0.25, -0.2) is 0 Å². The molecule has 2 saturated carbocycles. The summed E-state index contributed by atoms with van der Waals surface area (Å²) in [6, 6.07) is 6.86. The second-order valence-electron chi connectivity index (χ2n) is 6.36. The Kier molecular flexibility index (Phi) is 4.67. The molecule has 1 N–H and O–H groups in total.